The van der Waals surface area contributed by atoms with Crippen molar-refractivity contribution in [1.82, 2.24) is 9.97 Å². The lowest BCUT2D eigenvalue weighted by Crippen LogP contribution is -2.08. The van der Waals surface area contributed by atoms with Gasteiger partial charge in [0.2, 0.25) is 17.6 Å². The number of benzene rings is 1. The highest BCUT2D eigenvalue weighted by Gasteiger charge is 2.26. The van der Waals surface area contributed by atoms with Crippen LogP contribution in [0.25, 0.3) is 0 Å². The SMILES string of the molecule is COc1nc(Nc2c(F)c(F)c(F)c(F)c2F)ncc1Br. The van der Waals surface area contributed by atoms with Crippen molar-refractivity contribution in [2.75, 3.05) is 12.4 Å². The molecule has 0 fully saturated rings. The van der Waals surface area contributed by atoms with Crippen LogP contribution in [0.15, 0.2) is 10.7 Å². The number of nitrogens with one attached hydrogen (secondary N) is 1. The summed E-state index contributed by atoms with van der Waals surface area (Å²) in [4.78, 5) is 7.31. The first kappa shape index (κ1) is 15.4. The normalized spacial score (nSPS) is 10.6. The lowest BCUT2D eigenvalue weighted by Gasteiger charge is -2.10. The van der Waals surface area contributed by atoms with E-state index in [4.69, 9.17) is 4.74 Å². The number of rotatable bonds is 3. The standard InChI is InChI=1S/C11H5BrF5N3O/c1-21-10-3(12)2-18-11(20-10)19-9-7(16)5(14)4(13)6(15)8(9)17/h2H,1H3,(H,18,19,20). The Hall–Kier alpha value is -1.97. The number of ether oxygens (including phenoxy) is 1. The van der Waals surface area contributed by atoms with Crippen LogP contribution in [0.5, 0.6) is 5.88 Å². The van der Waals surface area contributed by atoms with Crippen molar-refractivity contribution in [3.8, 4) is 5.88 Å². The van der Waals surface area contributed by atoms with Crippen LogP contribution in [0, 0.1) is 29.1 Å². The molecule has 0 atom stereocenters. The molecule has 0 aliphatic carbocycles. The molecule has 1 N–H and O–H groups in total. The van der Waals surface area contributed by atoms with Crippen LogP contribution < -0.4 is 10.1 Å². The number of hydrogen-bond acceptors (Lipinski definition) is 4. The van der Waals surface area contributed by atoms with E-state index >= 15 is 0 Å². The summed E-state index contributed by atoms with van der Waals surface area (Å²) >= 11 is 3.04. The number of nitrogens with zero attached hydrogens (tertiary/aromatic N) is 2. The van der Waals surface area contributed by atoms with Gasteiger partial charge in [-0.3, -0.25) is 0 Å². The minimum absolute atomic E-state index is 0.0105. The Labute approximate surface area is 123 Å². The molecule has 112 valence electrons. The van der Waals surface area contributed by atoms with Crippen LogP contribution in [0.3, 0.4) is 0 Å². The minimum atomic E-state index is -2.25. The Morgan fingerprint density at radius 1 is 1.00 bits per heavy atom. The summed E-state index contributed by atoms with van der Waals surface area (Å²) in [6.45, 7) is 0. The van der Waals surface area contributed by atoms with Crippen LogP contribution in [0.4, 0.5) is 33.6 Å². The lowest BCUT2D eigenvalue weighted by atomic mass is 10.2. The summed E-state index contributed by atoms with van der Waals surface area (Å²) in [6.07, 6.45) is 1.18. The zero-order valence-corrected chi connectivity index (χ0v) is 11.7. The van der Waals surface area contributed by atoms with Crippen molar-refractivity contribution >= 4 is 27.6 Å². The van der Waals surface area contributed by atoms with Gasteiger partial charge in [-0.05, 0) is 15.9 Å². The van der Waals surface area contributed by atoms with Crippen LogP contribution in [0.1, 0.15) is 0 Å². The van der Waals surface area contributed by atoms with Crippen molar-refractivity contribution in [3.05, 3.63) is 39.8 Å². The van der Waals surface area contributed by atoms with Gasteiger partial charge < -0.3 is 10.1 Å². The average molecular weight is 370 g/mol. The maximum absolute atomic E-state index is 13.5. The number of anilines is 2. The van der Waals surface area contributed by atoms with Gasteiger partial charge >= 0.3 is 0 Å². The highest BCUT2D eigenvalue weighted by Crippen LogP contribution is 2.30. The first-order chi connectivity index (χ1) is 9.86. The molecule has 21 heavy (non-hydrogen) atoms. The fourth-order valence-electron chi connectivity index (χ4n) is 1.38. The molecule has 0 bridgehead atoms. The van der Waals surface area contributed by atoms with Gasteiger partial charge in [-0.15, -0.1) is 0 Å². The molecule has 4 nitrogen and oxygen atoms in total. The summed E-state index contributed by atoms with van der Waals surface area (Å²) in [7, 11) is 1.27. The van der Waals surface area contributed by atoms with E-state index in [9.17, 15) is 22.0 Å². The average Bonchev–Trinajstić information content (AvgIpc) is 2.49. The van der Waals surface area contributed by atoms with Gasteiger partial charge in [0.15, 0.2) is 23.3 Å². The molecule has 0 radical (unpaired) electrons. The molecule has 2 rings (SSSR count). The van der Waals surface area contributed by atoms with E-state index in [0.717, 1.165) is 0 Å². The molecule has 1 aromatic heterocycles. The monoisotopic (exact) mass is 369 g/mol. The first-order valence-corrected chi connectivity index (χ1v) is 6.01. The lowest BCUT2D eigenvalue weighted by molar-refractivity contribution is 0.381. The Balaban J connectivity index is 2.50. The maximum Gasteiger partial charge on any atom is 0.232 e. The Bertz CT molecular complexity index is 684. The van der Waals surface area contributed by atoms with Crippen molar-refractivity contribution in [3.63, 3.8) is 0 Å². The van der Waals surface area contributed by atoms with Gasteiger partial charge in [0.1, 0.15) is 5.69 Å². The summed E-state index contributed by atoms with van der Waals surface area (Å²) in [5.41, 5.74) is -1.25. The molecule has 0 amide bonds. The molecular weight excluding hydrogens is 365 g/mol. The predicted octanol–water partition coefficient (Wildman–Crippen LogP) is 3.69. The van der Waals surface area contributed by atoms with Gasteiger partial charge in [-0.25, -0.2) is 26.9 Å². The zero-order valence-electron chi connectivity index (χ0n) is 10.1. The highest BCUT2D eigenvalue weighted by molar-refractivity contribution is 9.10. The number of hydrogen-bond donors (Lipinski definition) is 1. The molecule has 0 aliphatic rings. The second-order valence-corrected chi connectivity index (χ2v) is 4.48. The van der Waals surface area contributed by atoms with Gasteiger partial charge in [-0.1, -0.05) is 0 Å². The summed E-state index contributed by atoms with van der Waals surface area (Å²) in [6, 6.07) is 0. The van der Waals surface area contributed by atoms with E-state index in [1.54, 1.807) is 0 Å². The fraction of sp³-hybridized carbons (Fsp3) is 0.0909. The molecule has 0 aliphatic heterocycles. The van der Waals surface area contributed by atoms with Crippen LogP contribution >= 0.6 is 15.9 Å². The second-order valence-electron chi connectivity index (χ2n) is 3.62. The van der Waals surface area contributed by atoms with E-state index in [1.807, 2.05) is 5.32 Å². The van der Waals surface area contributed by atoms with E-state index < -0.39 is 40.7 Å². The van der Waals surface area contributed by atoms with Crippen molar-refractivity contribution < 1.29 is 26.7 Å². The molecule has 0 saturated heterocycles. The second kappa shape index (κ2) is 5.80. The quantitative estimate of drug-likeness (QED) is 0.509. The Kier molecular flexibility index (Phi) is 4.26. The Morgan fingerprint density at radius 3 is 2.05 bits per heavy atom. The van der Waals surface area contributed by atoms with Crippen LogP contribution in [0.2, 0.25) is 0 Å². The number of methoxy groups -OCH3 is 1. The molecule has 2 aromatic rings. The smallest absolute Gasteiger partial charge is 0.232 e. The Morgan fingerprint density at radius 2 is 1.52 bits per heavy atom. The molecule has 1 heterocycles. The minimum Gasteiger partial charge on any atom is -0.480 e. The summed E-state index contributed by atoms with van der Waals surface area (Å²) < 4.78 is 71.1. The predicted molar refractivity (Wildman–Crippen MR) is 65.8 cm³/mol. The van der Waals surface area contributed by atoms with Crippen LogP contribution in [-0.4, -0.2) is 17.1 Å². The van der Waals surface area contributed by atoms with Gasteiger partial charge in [0.05, 0.1) is 17.8 Å². The maximum atomic E-state index is 13.5. The molecule has 0 saturated carbocycles. The van der Waals surface area contributed by atoms with E-state index in [1.165, 1.54) is 13.3 Å². The van der Waals surface area contributed by atoms with Crippen LogP contribution in [-0.2, 0) is 0 Å². The highest BCUT2D eigenvalue weighted by atomic mass is 79.9. The van der Waals surface area contributed by atoms with E-state index in [2.05, 4.69) is 25.9 Å². The third-order valence-corrected chi connectivity index (χ3v) is 2.90. The number of aromatic nitrogens is 2. The van der Waals surface area contributed by atoms with E-state index in [0.29, 0.717) is 4.47 Å². The topological polar surface area (TPSA) is 47.0 Å². The fourth-order valence-corrected chi connectivity index (χ4v) is 1.73. The molecule has 1 aromatic carbocycles. The van der Waals surface area contributed by atoms with Crippen molar-refractivity contribution in [1.29, 1.82) is 0 Å². The third kappa shape index (κ3) is 2.75. The van der Waals surface area contributed by atoms with Crippen molar-refractivity contribution in [2.24, 2.45) is 0 Å². The largest absolute Gasteiger partial charge is 0.480 e. The third-order valence-electron chi connectivity index (χ3n) is 2.35. The molecule has 10 heteroatoms. The molecule has 0 spiro atoms. The first-order valence-electron chi connectivity index (χ1n) is 5.21. The van der Waals surface area contributed by atoms with E-state index in [-0.39, 0.29) is 5.88 Å². The van der Waals surface area contributed by atoms with Crippen molar-refractivity contribution in [2.45, 2.75) is 0 Å². The summed E-state index contributed by atoms with van der Waals surface area (Å²) in [5, 5.41) is 1.93. The zero-order chi connectivity index (χ0) is 15.7. The summed E-state index contributed by atoms with van der Waals surface area (Å²) in [5.74, 6) is -10.8. The number of halogens is 6. The van der Waals surface area contributed by atoms with Gasteiger partial charge in [0, 0.05) is 0 Å². The molecular formula is C11H5BrF5N3O. The van der Waals surface area contributed by atoms with Gasteiger partial charge in [0.25, 0.3) is 0 Å². The van der Waals surface area contributed by atoms with Gasteiger partial charge in [-0.2, -0.15) is 4.98 Å². The molecule has 0 unspecified atom stereocenters.